The molecule has 0 unspecified atom stereocenters. The number of aromatic amines is 1. The summed E-state index contributed by atoms with van der Waals surface area (Å²) in [5.74, 6) is 0.867. The third-order valence-electron chi connectivity index (χ3n) is 4.30. The van der Waals surface area contributed by atoms with Crippen LogP contribution in [0, 0.1) is 5.92 Å². The van der Waals surface area contributed by atoms with Gasteiger partial charge in [-0.05, 0) is 43.7 Å². The molecule has 2 heteroatoms. The van der Waals surface area contributed by atoms with Crippen molar-refractivity contribution in [3.63, 3.8) is 0 Å². The van der Waals surface area contributed by atoms with E-state index in [1.165, 1.54) is 57.8 Å². The van der Waals surface area contributed by atoms with Gasteiger partial charge in [0.1, 0.15) is 0 Å². The Kier molecular flexibility index (Phi) is 11.3. The maximum atomic E-state index is 10.6. The van der Waals surface area contributed by atoms with Crippen molar-refractivity contribution in [1.29, 1.82) is 0 Å². The molecule has 0 amide bonds. The summed E-state index contributed by atoms with van der Waals surface area (Å²) >= 11 is 0. The first-order chi connectivity index (χ1) is 11.2. The van der Waals surface area contributed by atoms with E-state index >= 15 is 0 Å². The monoisotopic (exact) mass is 317 g/mol. The molecule has 23 heavy (non-hydrogen) atoms. The molecular formula is C21H35NO. The van der Waals surface area contributed by atoms with E-state index in [9.17, 15) is 4.79 Å². The number of unbranched alkanes of at least 4 members (excludes halogenated alkanes) is 7. The smallest absolute Gasteiger partial charge is 0.166 e. The Morgan fingerprint density at radius 1 is 0.913 bits per heavy atom. The third kappa shape index (κ3) is 11.0. The van der Waals surface area contributed by atoms with Crippen LogP contribution in [0.3, 0.4) is 0 Å². The highest BCUT2D eigenvalue weighted by atomic mass is 16.1. The van der Waals surface area contributed by atoms with E-state index in [2.05, 4.69) is 31.0 Å². The molecular weight excluding hydrogens is 282 g/mol. The minimum absolute atomic E-state index is 0.674. The summed E-state index contributed by atoms with van der Waals surface area (Å²) in [6.45, 7) is 4.63. The van der Waals surface area contributed by atoms with Gasteiger partial charge in [-0.2, -0.15) is 0 Å². The molecule has 0 bridgehead atoms. The lowest BCUT2D eigenvalue weighted by atomic mass is 10.0. The molecule has 0 aliphatic carbocycles. The number of carbonyl (C=O) groups excluding carboxylic acids is 1. The van der Waals surface area contributed by atoms with E-state index < -0.39 is 0 Å². The standard InChI is InChI=1S/C21H35NO/c1-19(2)14-12-10-8-6-4-3-5-7-9-11-13-15-20-16-17-21(18-23)22-20/h9,11,16-19,22H,3-8,10,12-15H2,1-2H3. The molecule has 1 N–H and O–H groups in total. The summed E-state index contributed by atoms with van der Waals surface area (Å²) in [4.78, 5) is 13.7. The number of rotatable bonds is 14. The first-order valence-corrected chi connectivity index (χ1v) is 9.50. The first kappa shape index (κ1) is 19.7. The molecule has 0 aromatic carbocycles. The number of nitrogens with one attached hydrogen (secondary N) is 1. The maximum absolute atomic E-state index is 10.6. The molecule has 1 heterocycles. The van der Waals surface area contributed by atoms with Crippen LogP contribution in [-0.2, 0) is 6.42 Å². The molecule has 0 saturated carbocycles. The average molecular weight is 318 g/mol. The molecule has 1 aromatic heterocycles. The van der Waals surface area contributed by atoms with Crippen molar-refractivity contribution in [3.8, 4) is 0 Å². The second-order valence-electron chi connectivity index (χ2n) is 7.01. The molecule has 0 radical (unpaired) electrons. The fourth-order valence-corrected chi connectivity index (χ4v) is 2.85. The number of allylic oxidation sites excluding steroid dienone is 2. The molecule has 0 atom stereocenters. The number of aldehydes is 1. The van der Waals surface area contributed by atoms with Gasteiger partial charge in [0.2, 0.25) is 0 Å². The Morgan fingerprint density at radius 2 is 1.57 bits per heavy atom. The predicted octanol–water partition coefficient (Wildman–Crippen LogP) is 6.48. The second-order valence-corrected chi connectivity index (χ2v) is 7.01. The van der Waals surface area contributed by atoms with Crippen LogP contribution in [0.25, 0.3) is 0 Å². The number of hydrogen-bond acceptors (Lipinski definition) is 1. The van der Waals surface area contributed by atoms with E-state index in [1.807, 2.05) is 12.1 Å². The number of aryl methyl sites for hydroxylation is 1. The van der Waals surface area contributed by atoms with Crippen molar-refractivity contribution in [2.75, 3.05) is 0 Å². The first-order valence-electron chi connectivity index (χ1n) is 9.50. The van der Waals surface area contributed by atoms with E-state index in [-0.39, 0.29) is 0 Å². The van der Waals surface area contributed by atoms with Crippen molar-refractivity contribution >= 4 is 6.29 Å². The van der Waals surface area contributed by atoms with Gasteiger partial charge in [0.05, 0.1) is 5.69 Å². The SMILES string of the molecule is CC(C)CCCCCCCCCC=CCCc1ccc(C=O)[nH]1. The molecule has 0 spiro atoms. The number of carbonyl (C=O) groups is 1. The van der Waals surface area contributed by atoms with Crippen LogP contribution < -0.4 is 0 Å². The lowest BCUT2D eigenvalue weighted by Gasteiger charge is -2.04. The van der Waals surface area contributed by atoms with E-state index in [4.69, 9.17) is 0 Å². The highest BCUT2D eigenvalue weighted by molar-refractivity contribution is 5.71. The van der Waals surface area contributed by atoms with Crippen LogP contribution >= 0.6 is 0 Å². The van der Waals surface area contributed by atoms with Crippen molar-refractivity contribution in [2.45, 2.75) is 84.5 Å². The molecule has 0 fully saturated rings. The van der Waals surface area contributed by atoms with Crippen LogP contribution in [0.5, 0.6) is 0 Å². The molecule has 0 saturated heterocycles. The minimum Gasteiger partial charge on any atom is -0.356 e. The number of hydrogen-bond donors (Lipinski definition) is 1. The molecule has 0 aliphatic heterocycles. The molecule has 130 valence electrons. The summed E-state index contributed by atoms with van der Waals surface area (Å²) in [6.07, 6.45) is 19.8. The summed E-state index contributed by atoms with van der Waals surface area (Å²) in [7, 11) is 0. The van der Waals surface area contributed by atoms with Gasteiger partial charge in [0.15, 0.2) is 6.29 Å². The van der Waals surface area contributed by atoms with Gasteiger partial charge in [-0.1, -0.05) is 70.9 Å². The third-order valence-corrected chi connectivity index (χ3v) is 4.30. The van der Waals surface area contributed by atoms with Gasteiger partial charge < -0.3 is 4.98 Å². The Balaban J connectivity index is 1.86. The highest BCUT2D eigenvalue weighted by Gasteiger charge is 1.96. The normalized spacial score (nSPS) is 11.6. The minimum atomic E-state index is 0.674. The van der Waals surface area contributed by atoms with Crippen LogP contribution in [-0.4, -0.2) is 11.3 Å². The second kappa shape index (κ2) is 13.2. The zero-order chi connectivity index (χ0) is 16.8. The van der Waals surface area contributed by atoms with Gasteiger partial charge in [-0.25, -0.2) is 0 Å². The Bertz CT molecular complexity index is 431. The lowest BCUT2D eigenvalue weighted by Crippen LogP contribution is -1.87. The zero-order valence-electron chi connectivity index (χ0n) is 15.2. The van der Waals surface area contributed by atoms with Crippen LogP contribution in [0.4, 0.5) is 0 Å². The van der Waals surface area contributed by atoms with Crippen molar-refractivity contribution < 1.29 is 4.79 Å². The van der Waals surface area contributed by atoms with Crippen molar-refractivity contribution in [3.05, 3.63) is 35.7 Å². The molecule has 2 nitrogen and oxygen atoms in total. The summed E-state index contributed by atoms with van der Waals surface area (Å²) in [5.41, 5.74) is 1.82. The van der Waals surface area contributed by atoms with Gasteiger partial charge in [0, 0.05) is 5.69 Å². The largest absolute Gasteiger partial charge is 0.356 e. The average Bonchev–Trinajstić information content (AvgIpc) is 2.99. The predicted molar refractivity (Wildman–Crippen MR) is 100 cm³/mol. The topological polar surface area (TPSA) is 32.9 Å². The maximum Gasteiger partial charge on any atom is 0.166 e. The molecule has 1 rings (SSSR count). The van der Waals surface area contributed by atoms with E-state index in [1.54, 1.807) is 0 Å². The summed E-state index contributed by atoms with van der Waals surface area (Å²) < 4.78 is 0. The van der Waals surface area contributed by atoms with Gasteiger partial charge in [0.25, 0.3) is 0 Å². The zero-order valence-corrected chi connectivity index (χ0v) is 15.2. The van der Waals surface area contributed by atoms with Gasteiger partial charge in [-0.15, -0.1) is 0 Å². The van der Waals surface area contributed by atoms with Crippen LogP contribution in [0.1, 0.15) is 94.2 Å². The Morgan fingerprint density at radius 3 is 2.22 bits per heavy atom. The fourth-order valence-electron chi connectivity index (χ4n) is 2.85. The quantitative estimate of drug-likeness (QED) is 0.238. The van der Waals surface area contributed by atoms with Gasteiger partial charge in [-0.3, -0.25) is 4.79 Å². The summed E-state index contributed by atoms with van der Waals surface area (Å²) in [5, 5.41) is 0. The van der Waals surface area contributed by atoms with Gasteiger partial charge >= 0.3 is 0 Å². The Hall–Kier alpha value is -1.31. The summed E-state index contributed by atoms with van der Waals surface area (Å²) in [6, 6.07) is 3.84. The van der Waals surface area contributed by atoms with Crippen LogP contribution in [0.15, 0.2) is 24.3 Å². The van der Waals surface area contributed by atoms with Crippen molar-refractivity contribution in [2.24, 2.45) is 5.92 Å². The van der Waals surface area contributed by atoms with E-state index in [0.717, 1.165) is 30.7 Å². The Labute approximate surface area is 142 Å². The molecule has 1 aromatic rings. The highest BCUT2D eigenvalue weighted by Crippen LogP contribution is 2.12. The van der Waals surface area contributed by atoms with Crippen molar-refractivity contribution in [1.82, 2.24) is 4.98 Å². The molecule has 0 aliphatic rings. The fraction of sp³-hybridized carbons (Fsp3) is 0.667. The number of aromatic nitrogens is 1. The lowest BCUT2D eigenvalue weighted by molar-refractivity contribution is 0.111. The van der Waals surface area contributed by atoms with Crippen LogP contribution in [0.2, 0.25) is 0 Å². The van der Waals surface area contributed by atoms with E-state index in [0.29, 0.717) is 5.69 Å². The number of H-pyrrole nitrogens is 1.